The summed E-state index contributed by atoms with van der Waals surface area (Å²) in [5.74, 6) is 0.260. The Morgan fingerprint density at radius 3 is 2.88 bits per heavy atom. The maximum atomic E-state index is 10.9. The zero-order valence-corrected chi connectivity index (χ0v) is 10.8. The summed E-state index contributed by atoms with van der Waals surface area (Å²) in [5, 5.41) is 1.23. The number of carbonyl (C=O) groups excluding carboxylic acids is 1. The van der Waals surface area contributed by atoms with Crippen molar-refractivity contribution < 1.29 is 4.79 Å². The predicted molar refractivity (Wildman–Crippen MR) is 69.6 cm³/mol. The predicted octanol–water partition coefficient (Wildman–Crippen LogP) is 3.77. The van der Waals surface area contributed by atoms with Gasteiger partial charge in [-0.05, 0) is 35.3 Å². The normalized spacial score (nSPS) is 10.9. The van der Waals surface area contributed by atoms with Gasteiger partial charge in [-0.3, -0.25) is 0 Å². The van der Waals surface area contributed by atoms with Gasteiger partial charge in [-0.2, -0.15) is 0 Å². The van der Waals surface area contributed by atoms with Crippen LogP contribution in [0, 0.1) is 0 Å². The van der Waals surface area contributed by atoms with Gasteiger partial charge in [-0.25, -0.2) is 0 Å². The molecular weight excluding hydrogens is 266 g/mol. The van der Waals surface area contributed by atoms with E-state index in [2.05, 4.69) is 38.8 Å². The summed E-state index contributed by atoms with van der Waals surface area (Å²) in [6.45, 7) is 2.54. The lowest BCUT2D eigenvalue weighted by Gasteiger charge is -2.03. The third-order valence-corrected chi connectivity index (χ3v) is 3.30. The first kappa shape index (κ1) is 11.4. The second kappa shape index (κ2) is 4.83. The first-order valence-corrected chi connectivity index (χ1v) is 6.20. The van der Waals surface area contributed by atoms with Crippen molar-refractivity contribution in [1.82, 2.24) is 4.57 Å². The highest BCUT2D eigenvalue weighted by Gasteiger charge is 2.05. The number of Topliss-reactive ketones (excluding diaryl/α,β-unsaturated/α-hetero) is 1. The third kappa shape index (κ3) is 2.35. The highest BCUT2D eigenvalue weighted by molar-refractivity contribution is 9.10. The van der Waals surface area contributed by atoms with Gasteiger partial charge < -0.3 is 9.36 Å². The van der Waals surface area contributed by atoms with Crippen molar-refractivity contribution in [2.24, 2.45) is 0 Å². The van der Waals surface area contributed by atoms with E-state index in [0.717, 1.165) is 17.4 Å². The highest BCUT2D eigenvalue weighted by atomic mass is 79.9. The summed E-state index contributed by atoms with van der Waals surface area (Å²) in [6.07, 6.45) is 3.65. The lowest BCUT2D eigenvalue weighted by Crippen LogP contribution is -1.98. The average molecular weight is 280 g/mol. The molecule has 2 nitrogen and oxygen atoms in total. The van der Waals surface area contributed by atoms with Crippen molar-refractivity contribution in [3.63, 3.8) is 0 Å². The summed E-state index contributed by atoms with van der Waals surface area (Å²) in [6, 6.07) is 8.28. The van der Waals surface area contributed by atoms with Crippen LogP contribution in [0.15, 0.2) is 34.9 Å². The fourth-order valence-corrected chi connectivity index (χ4v) is 2.47. The van der Waals surface area contributed by atoms with E-state index < -0.39 is 0 Å². The van der Waals surface area contributed by atoms with Crippen LogP contribution < -0.4 is 0 Å². The quantitative estimate of drug-likeness (QED) is 0.835. The maximum absolute atomic E-state index is 10.9. The molecule has 0 saturated carbocycles. The van der Waals surface area contributed by atoms with Crippen LogP contribution >= 0.6 is 15.9 Å². The minimum Gasteiger partial charge on any atom is -0.346 e. The fourth-order valence-electron chi connectivity index (χ4n) is 1.89. The van der Waals surface area contributed by atoms with Gasteiger partial charge in [0.1, 0.15) is 5.78 Å². The molecule has 84 valence electrons. The molecule has 1 heterocycles. The first-order valence-electron chi connectivity index (χ1n) is 5.41. The van der Waals surface area contributed by atoms with Crippen LogP contribution in [0.1, 0.15) is 19.8 Å². The zero-order chi connectivity index (χ0) is 11.5. The first-order chi connectivity index (χ1) is 7.68. The van der Waals surface area contributed by atoms with Crippen LogP contribution in [0.2, 0.25) is 0 Å². The van der Waals surface area contributed by atoms with Crippen LogP contribution in [0.4, 0.5) is 0 Å². The fraction of sp³-hybridized carbons (Fsp3) is 0.308. The Balaban J connectivity index is 2.21. The van der Waals surface area contributed by atoms with Crippen molar-refractivity contribution in [3.05, 3.63) is 34.9 Å². The van der Waals surface area contributed by atoms with Crippen LogP contribution in [0.5, 0.6) is 0 Å². The lowest BCUT2D eigenvalue weighted by atomic mass is 10.2. The molecule has 0 bridgehead atoms. The number of hydrogen-bond acceptors (Lipinski definition) is 1. The molecule has 0 aliphatic heterocycles. The monoisotopic (exact) mass is 279 g/mol. The molecule has 0 atom stereocenters. The van der Waals surface area contributed by atoms with Crippen LogP contribution in [-0.2, 0) is 11.3 Å². The largest absolute Gasteiger partial charge is 0.346 e. The topological polar surface area (TPSA) is 22.0 Å². The molecule has 0 saturated heterocycles. The van der Waals surface area contributed by atoms with Gasteiger partial charge in [-0.15, -0.1) is 0 Å². The van der Waals surface area contributed by atoms with E-state index in [9.17, 15) is 4.79 Å². The molecule has 0 radical (unpaired) electrons. The summed E-state index contributed by atoms with van der Waals surface area (Å²) >= 11 is 3.55. The lowest BCUT2D eigenvalue weighted by molar-refractivity contribution is -0.117. The van der Waals surface area contributed by atoms with Gasteiger partial charge in [-0.1, -0.05) is 18.2 Å². The molecule has 3 heteroatoms. The number of aromatic nitrogens is 1. The van der Waals surface area contributed by atoms with Crippen LogP contribution in [0.3, 0.4) is 0 Å². The molecule has 0 N–H and O–H groups in total. The van der Waals surface area contributed by atoms with Gasteiger partial charge in [0, 0.05) is 34.5 Å². The molecule has 0 amide bonds. The second-order valence-electron chi connectivity index (χ2n) is 3.99. The molecular formula is C13H14BrNO. The van der Waals surface area contributed by atoms with Gasteiger partial charge >= 0.3 is 0 Å². The second-order valence-corrected chi connectivity index (χ2v) is 4.85. The smallest absolute Gasteiger partial charge is 0.129 e. The molecule has 1 aromatic heterocycles. The van der Waals surface area contributed by atoms with E-state index in [0.29, 0.717) is 6.42 Å². The van der Waals surface area contributed by atoms with Crippen molar-refractivity contribution in [2.75, 3.05) is 0 Å². The minimum absolute atomic E-state index is 0.260. The number of aryl methyl sites for hydroxylation is 1. The minimum atomic E-state index is 0.260. The standard InChI is InChI=1S/C13H14BrNO/c1-10(16)5-4-8-15-9-12(14)11-6-2-3-7-13(11)15/h2-3,6-7,9H,4-5,8H2,1H3. The molecule has 0 aliphatic carbocycles. The van der Waals surface area contributed by atoms with E-state index in [4.69, 9.17) is 0 Å². The van der Waals surface area contributed by atoms with Crippen molar-refractivity contribution >= 4 is 32.6 Å². The Morgan fingerprint density at radius 2 is 2.12 bits per heavy atom. The number of ketones is 1. The van der Waals surface area contributed by atoms with Gasteiger partial charge in [0.25, 0.3) is 0 Å². The van der Waals surface area contributed by atoms with Crippen molar-refractivity contribution in [1.29, 1.82) is 0 Å². The van der Waals surface area contributed by atoms with Crippen LogP contribution in [0.25, 0.3) is 10.9 Å². The summed E-state index contributed by atoms with van der Waals surface area (Å²) in [7, 11) is 0. The molecule has 0 unspecified atom stereocenters. The summed E-state index contributed by atoms with van der Waals surface area (Å²) in [4.78, 5) is 10.9. The third-order valence-electron chi connectivity index (χ3n) is 2.67. The van der Waals surface area contributed by atoms with E-state index in [-0.39, 0.29) is 5.78 Å². The highest BCUT2D eigenvalue weighted by Crippen LogP contribution is 2.26. The molecule has 0 fully saturated rings. The Bertz CT molecular complexity index is 516. The number of rotatable bonds is 4. The van der Waals surface area contributed by atoms with Crippen LogP contribution in [-0.4, -0.2) is 10.4 Å². The van der Waals surface area contributed by atoms with Crippen molar-refractivity contribution in [2.45, 2.75) is 26.3 Å². The van der Waals surface area contributed by atoms with E-state index >= 15 is 0 Å². The molecule has 1 aromatic carbocycles. The zero-order valence-electron chi connectivity index (χ0n) is 9.24. The number of para-hydroxylation sites is 1. The molecule has 16 heavy (non-hydrogen) atoms. The van der Waals surface area contributed by atoms with E-state index in [1.165, 1.54) is 10.9 Å². The molecule has 2 rings (SSSR count). The maximum Gasteiger partial charge on any atom is 0.129 e. The SMILES string of the molecule is CC(=O)CCCn1cc(Br)c2ccccc21. The summed E-state index contributed by atoms with van der Waals surface area (Å²) < 4.78 is 3.31. The molecule has 0 aliphatic rings. The van der Waals surface area contributed by atoms with Gasteiger partial charge in [0.15, 0.2) is 0 Å². The Hall–Kier alpha value is -1.09. The average Bonchev–Trinajstić information content (AvgIpc) is 2.57. The Kier molecular flexibility index (Phi) is 3.44. The van der Waals surface area contributed by atoms with E-state index in [1.807, 2.05) is 12.1 Å². The Labute approximate surface area is 103 Å². The van der Waals surface area contributed by atoms with Crippen molar-refractivity contribution in [3.8, 4) is 0 Å². The number of nitrogens with zero attached hydrogens (tertiary/aromatic N) is 1. The number of fused-ring (bicyclic) bond motifs is 1. The molecule has 2 aromatic rings. The van der Waals surface area contributed by atoms with E-state index in [1.54, 1.807) is 6.92 Å². The summed E-state index contributed by atoms with van der Waals surface area (Å²) in [5.41, 5.74) is 1.22. The van der Waals surface area contributed by atoms with Gasteiger partial charge in [0.2, 0.25) is 0 Å². The molecule has 0 spiro atoms. The number of carbonyl (C=O) groups is 1. The Morgan fingerprint density at radius 1 is 1.38 bits per heavy atom. The van der Waals surface area contributed by atoms with Gasteiger partial charge in [0.05, 0.1) is 0 Å². The number of hydrogen-bond donors (Lipinski definition) is 0. The number of halogens is 1. The number of benzene rings is 1.